The first kappa shape index (κ1) is 20.6. The third-order valence-corrected chi connectivity index (χ3v) is 5.63. The molecule has 7 heteroatoms. The first-order chi connectivity index (χ1) is 13.5. The Kier molecular flexibility index (Phi) is 7.31. The number of hydrogen-bond donors (Lipinski definition) is 1. The van der Waals surface area contributed by atoms with E-state index in [1.807, 2.05) is 54.6 Å². The highest BCUT2D eigenvalue weighted by molar-refractivity contribution is 7.99. The van der Waals surface area contributed by atoms with Crippen LogP contribution in [-0.4, -0.2) is 22.6 Å². The van der Waals surface area contributed by atoms with Crippen molar-refractivity contribution < 1.29 is 4.79 Å². The lowest BCUT2D eigenvalue weighted by Gasteiger charge is -2.14. The average Bonchev–Trinajstić information content (AvgIpc) is 2.70. The van der Waals surface area contributed by atoms with E-state index in [9.17, 15) is 4.79 Å². The van der Waals surface area contributed by atoms with Gasteiger partial charge in [-0.1, -0.05) is 78.3 Å². The lowest BCUT2D eigenvalue weighted by atomic mass is 10.0. The number of rotatable bonds is 7. The highest BCUT2D eigenvalue weighted by Crippen LogP contribution is 2.29. The summed E-state index contributed by atoms with van der Waals surface area (Å²) in [5.74, 6) is 0.000541. The molecule has 0 fully saturated rings. The highest BCUT2D eigenvalue weighted by Gasteiger charge is 2.17. The molecule has 2 aromatic carbocycles. The molecule has 1 aromatic heterocycles. The van der Waals surface area contributed by atoms with E-state index in [-0.39, 0.29) is 17.0 Å². The number of carbonyl (C=O) groups is 1. The largest absolute Gasteiger partial charge is 0.352 e. The topological polar surface area (TPSA) is 54.9 Å². The second-order valence-corrected chi connectivity index (χ2v) is 8.27. The van der Waals surface area contributed by atoms with Crippen LogP contribution in [0.15, 0.2) is 70.6 Å². The Morgan fingerprint density at radius 2 is 1.79 bits per heavy atom. The zero-order chi connectivity index (χ0) is 19.9. The molecular formula is C21H19Cl2N3OS. The van der Waals surface area contributed by atoms with Crippen LogP contribution in [0.25, 0.3) is 0 Å². The summed E-state index contributed by atoms with van der Waals surface area (Å²) in [5.41, 5.74) is 1.48. The minimum absolute atomic E-state index is 0.187. The molecule has 0 spiro atoms. The Hall–Kier alpha value is -2.08. The molecule has 0 aliphatic rings. The zero-order valence-corrected chi connectivity index (χ0v) is 17.6. The summed E-state index contributed by atoms with van der Waals surface area (Å²) >= 11 is 13.6. The predicted octanol–water partition coefficient (Wildman–Crippen LogP) is 5.54. The standard InChI is InChI=1S/C21H19Cl2N3OS/c1-14(11-15-7-5-6-10-18(15)22)13-24-20(27)17-12-19(23)25-26-21(17)28-16-8-3-2-4-9-16/h2-10,12,14H,11,13H2,1H3,(H,24,27). The molecule has 1 heterocycles. The predicted molar refractivity (Wildman–Crippen MR) is 114 cm³/mol. The van der Waals surface area contributed by atoms with E-state index < -0.39 is 0 Å². The number of hydrogen-bond acceptors (Lipinski definition) is 4. The van der Waals surface area contributed by atoms with Crippen LogP contribution in [-0.2, 0) is 6.42 Å². The summed E-state index contributed by atoms with van der Waals surface area (Å²) in [4.78, 5) is 13.7. The van der Waals surface area contributed by atoms with Crippen LogP contribution >= 0.6 is 35.0 Å². The molecule has 1 amide bonds. The summed E-state index contributed by atoms with van der Waals surface area (Å²) in [5, 5.41) is 12.4. The van der Waals surface area contributed by atoms with Crippen molar-refractivity contribution in [2.75, 3.05) is 6.54 Å². The molecule has 1 N–H and O–H groups in total. The molecule has 1 atom stereocenters. The molecule has 144 valence electrons. The fourth-order valence-corrected chi connectivity index (χ4v) is 3.89. The van der Waals surface area contributed by atoms with E-state index in [1.54, 1.807) is 6.07 Å². The van der Waals surface area contributed by atoms with Crippen molar-refractivity contribution in [3.05, 3.63) is 82.0 Å². The van der Waals surface area contributed by atoms with Gasteiger partial charge in [-0.3, -0.25) is 4.79 Å². The van der Waals surface area contributed by atoms with Crippen molar-refractivity contribution in [2.45, 2.75) is 23.3 Å². The van der Waals surface area contributed by atoms with E-state index in [0.29, 0.717) is 17.1 Å². The van der Waals surface area contributed by atoms with E-state index in [0.717, 1.165) is 21.9 Å². The number of nitrogens with one attached hydrogen (secondary N) is 1. The average molecular weight is 432 g/mol. The Bertz CT molecular complexity index is 953. The van der Waals surface area contributed by atoms with Gasteiger partial charge in [-0.25, -0.2) is 0 Å². The molecule has 4 nitrogen and oxygen atoms in total. The second-order valence-electron chi connectivity index (χ2n) is 6.41. The van der Waals surface area contributed by atoms with Crippen LogP contribution in [0, 0.1) is 5.92 Å². The summed E-state index contributed by atoms with van der Waals surface area (Å²) in [6.45, 7) is 2.58. The van der Waals surface area contributed by atoms with E-state index in [1.165, 1.54) is 11.8 Å². The molecule has 0 aliphatic carbocycles. The van der Waals surface area contributed by atoms with E-state index in [4.69, 9.17) is 23.2 Å². The zero-order valence-electron chi connectivity index (χ0n) is 15.2. The highest BCUT2D eigenvalue weighted by atomic mass is 35.5. The SMILES string of the molecule is CC(CNC(=O)c1cc(Cl)nnc1Sc1ccccc1)Cc1ccccc1Cl. The smallest absolute Gasteiger partial charge is 0.254 e. The van der Waals surface area contributed by atoms with Crippen LogP contribution in [0.3, 0.4) is 0 Å². The number of aromatic nitrogens is 2. The molecule has 3 rings (SSSR count). The summed E-state index contributed by atoms with van der Waals surface area (Å²) in [6, 6.07) is 19.0. The lowest BCUT2D eigenvalue weighted by Crippen LogP contribution is -2.29. The van der Waals surface area contributed by atoms with Crippen molar-refractivity contribution in [3.8, 4) is 0 Å². The van der Waals surface area contributed by atoms with Gasteiger partial charge in [0.2, 0.25) is 0 Å². The summed E-state index contributed by atoms with van der Waals surface area (Å²) < 4.78 is 0. The van der Waals surface area contributed by atoms with Gasteiger partial charge in [-0.2, -0.15) is 0 Å². The maximum Gasteiger partial charge on any atom is 0.254 e. The number of carbonyl (C=O) groups excluding carboxylic acids is 1. The normalized spacial score (nSPS) is 11.8. The van der Waals surface area contributed by atoms with E-state index in [2.05, 4.69) is 22.4 Å². The number of nitrogens with zero attached hydrogens (tertiary/aromatic N) is 2. The van der Waals surface area contributed by atoms with Crippen molar-refractivity contribution >= 4 is 40.9 Å². The van der Waals surface area contributed by atoms with Gasteiger partial charge in [-0.05, 0) is 42.2 Å². The Morgan fingerprint density at radius 1 is 1.07 bits per heavy atom. The molecule has 3 aromatic rings. The monoisotopic (exact) mass is 431 g/mol. The first-order valence-corrected chi connectivity index (χ1v) is 10.4. The van der Waals surface area contributed by atoms with Crippen LogP contribution in [0.1, 0.15) is 22.8 Å². The number of halogens is 2. The summed E-state index contributed by atoms with van der Waals surface area (Å²) in [7, 11) is 0. The maximum atomic E-state index is 12.8. The first-order valence-electron chi connectivity index (χ1n) is 8.80. The van der Waals surface area contributed by atoms with Crippen molar-refractivity contribution in [1.29, 1.82) is 0 Å². The molecule has 0 radical (unpaired) electrons. The third kappa shape index (κ3) is 5.71. The Morgan fingerprint density at radius 3 is 2.54 bits per heavy atom. The molecule has 1 unspecified atom stereocenters. The van der Waals surface area contributed by atoms with Crippen LogP contribution in [0.2, 0.25) is 10.2 Å². The van der Waals surface area contributed by atoms with Crippen molar-refractivity contribution in [3.63, 3.8) is 0 Å². The molecule has 0 aliphatic heterocycles. The molecule has 0 saturated heterocycles. The van der Waals surface area contributed by atoms with Gasteiger partial charge in [0.1, 0.15) is 5.03 Å². The third-order valence-electron chi connectivity index (χ3n) is 4.07. The van der Waals surface area contributed by atoms with Gasteiger partial charge >= 0.3 is 0 Å². The summed E-state index contributed by atoms with van der Waals surface area (Å²) in [6.07, 6.45) is 0.779. The molecule has 0 bridgehead atoms. The second kappa shape index (κ2) is 9.92. The lowest BCUT2D eigenvalue weighted by molar-refractivity contribution is 0.0944. The van der Waals surface area contributed by atoms with Crippen molar-refractivity contribution in [2.24, 2.45) is 5.92 Å². The minimum Gasteiger partial charge on any atom is -0.352 e. The molecular weight excluding hydrogens is 413 g/mol. The van der Waals surface area contributed by atoms with Crippen LogP contribution < -0.4 is 5.32 Å². The van der Waals surface area contributed by atoms with Crippen molar-refractivity contribution in [1.82, 2.24) is 15.5 Å². The van der Waals surface area contributed by atoms with Gasteiger partial charge in [-0.15, -0.1) is 10.2 Å². The Labute approximate surface area is 178 Å². The Balaban J connectivity index is 1.66. The van der Waals surface area contributed by atoms with Crippen LogP contribution in [0.4, 0.5) is 0 Å². The van der Waals surface area contributed by atoms with Gasteiger partial charge in [0.15, 0.2) is 5.15 Å². The minimum atomic E-state index is -0.221. The fraction of sp³-hybridized carbons (Fsp3) is 0.190. The number of benzene rings is 2. The molecule has 0 saturated carbocycles. The van der Waals surface area contributed by atoms with E-state index >= 15 is 0 Å². The van der Waals surface area contributed by atoms with Crippen LogP contribution in [0.5, 0.6) is 0 Å². The van der Waals surface area contributed by atoms with Gasteiger partial charge in [0.05, 0.1) is 5.56 Å². The fourth-order valence-electron chi connectivity index (χ4n) is 2.67. The van der Waals surface area contributed by atoms with Gasteiger partial charge in [0, 0.05) is 16.5 Å². The maximum absolute atomic E-state index is 12.8. The molecule has 28 heavy (non-hydrogen) atoms. The van der Waals surface area contributed by atoms with Gasteiger partial charge < -0.3 is 5.32 Å². The quantitative estimate of drug-likeness (QED) is 0.533. The number of amides is 1. The van der Waals surface area contributed by atoms with Gasteiger partial charge in [0.25, 0.3) is 5.91 Å².